The van der Waals surface area contributed by atoms with Crippen molar-refractivity contribution in [3.8, 4) is 0 Å². The van der Waals surface area contributed by atoms with E-state index in [-0.39, 0.29) is 23.2 Å². The zero-order valence-corrected chi connectivity index (χ0v) is 17.7. The second-order valence-corrected chi connectivity index (χ2v) is 11.8. The summed E-state index contributed by atoms with van der Waals surface area (Å²) < 4.78 is 2.37. The Balaban J connectivity index is 0. The van der Waals surface area contributed by atoms with Crippen molar-refractivity contribution in [1.29, 1.82) is 0 Å². The molecule has 2 nitrogen and oxygen atoms in total. The second-order valence-electron chi connectivity index (χ2n) is 5.93. The predicted octanol–water partition coefficient (Wildman–Crippen LogP) is 6.26. The molecule has 0 amide bonds. The van der Waals surface area contributed by atoms with Crippen LogP contribution in [0.1, 0.15) is 40.0 Å². The SMILES string of the molecule is C=CCC[N-]C.C=CCC[N-]C.C[C](C)(C)[Zr+2][C]1=CC=CC1. The summed E-state index contributed by atoms with van der Waals surface area (Å²) in [5.41, 5.74) is 0. The third-order valence-electron chi connectivity index (χ3n) is 2.42. The Labute approximate surface area is 150 Å². The van der Waals surface area contributed by atoms with Crippen LogP contribution in [0, 0.1) is 0 Å². The molecule has 124 valence electrons. The summed E-state index contributed by atoms with van der Waals surface area (Å²) in [6.07, 6.45) is 13.8. The summed E-state index contributed by atoms with van der Waals surface area (Å²) in [5.74, 6) is 0. The van der Waals surface area contributed by atoms with Gasteiger partial charge in [-0.3, -0.25) is 0 Å². The second kappa shape index (κ2) is 17.1. The Kier molecular flexibility index (Phi) is 18.7. The van der Waals surface area contributed by atoms with Gasteiger partial charge in [0, 0.05) is 0 Å². The first kappa shape index (κ1) is 24.0. The molecule has 0 aromatic carbocycles. The molecule has 0 saturated carbocycles. The molecule has 0 atom stereocenters. The molecule has 0 aromatic heterocycles. The fourth-order valence-electron chi connectivity index (χ4n) is 1.46. The van der Waals surface area contributed by atoms with E-state index in [1.54, 1.807) is 3.28 Å². The summed E-state index contributed by atoms with van der Waals surface area (Å²) in [6.45, 7) is 16.0. The number of allylic oxidation sites excluding steroid dienone is 4. The van der Waals surface area contributed by atoms with Gasteiger partial charge >= 0.3 is 75.1 Å². The summed E-state index contributed by atoms with van der Waals surface area (Å²) in [6, 6.07) is 0. The first-order chi connectivity index (χ1) is 10.4. The molecule has 0 N–H and O–H groups in total. The van der Waals surface area contributed by atoms with Gasteiger partial charge in [-0.05, 0) is 0 Å². The van der Waals surface area contributed by atoms with E-state index >= 15 is 0 Å². The topological polar surface area (TPSA) is 28.2 Å². The van der Waals surface area contributed by atoms with Crippen LogP contribution in [-0.2, 0) is 23.2 Å². The first-order valence-corrected chi connectivity index (χ1v) is 10.3. The molecule has 1 aliphatic carbocycles. The van der Waals surface area contributed by atoms with Gasteiger partial charge in [-0.15, -0.1) is 26.2 Å². The van der Waals surface area contributed by atoms with Crippen LogP contribution in [0.25, 0.3) is 10.6 Å². The summed E-state index contributed by atoms with van der Waals surface area (Å²) in [4.78, 5) is 0. The van der Waals surface area contributed by atoms with Gasteiger partial charge in [-0.1, -0.05) is 25.0 Å². The van der Waals surface area contributed by atoms with Crippen molar-refractivity contribution in [2.45, 2.75) is 43.2 Å². The molecule has 0 radical (unpaired) electrons. The van der Waals surface area contributed by atoms with Crippen LogP contribution in [0.3, 0.4) is 0 Å². The molecular formula is C19H34N2Zr. The van der Waals surface area contributed by atoms with Crippen LogP contribution in [0.4, 0.5) is 0 Å². The van der Waals surface area contributed by atoms with Gasteiger partial charge in [0.15, 0.2) is 0 Å². The van der Waals surface area contributed by atoms with E-state index in [0.29, 0.717) is 3.12 Å². The number of hydrogen-bond donors (Lipinski definition) is 0. The van der Waals surface area contributed by atoms with Gasteiger partial charge < -0.3 is 10.6 Å². The Bertz CT molecular complexity index is 313. The van der Waals surface area contributed by atoms with E-state index < -0.39 is 0 Å². The van der Waals surface area contributed by atoms with Gasteiger partial charge in [0.1, 0.15) is 0 Å². The van der Waals surface area contributed by atoms with Crippen molar-refractivity contribution in [2.75, 3.05) is 27.2 Å². The molecule has 0 spiro atoms. The minimum atomic E-state index is -0.247. The fourth-order valence-corrected chi connectivity index (χ4v) is 4.81. The maximum absolute atomic E-state index is 3.85. The predicted molar refractivity (Wildman–Crippen MR) is 99.5 cm³/mol. The van der Waals surface area contributed by atoms with Crippen LogP contribution >= 0.6 is 0 Å². The van der Waals surface area contributed by atoms with E-state index in [1.807, 2.05) is 26.2 Å². The van der Waals surface area contributed by atoms with Crippen molar-refractivity contribution in [2.24, 2.45) is 0 Å². The van der Waals surface area contributed by atoms with Crippen LogP contribution in [0.2, 0.25) is 3.12 Å². The number of rotatable bonds is 7. The summed E-state index contributed by atoms with van der Waals surface area (Å²) in [7, 11) is 3.62. The average molecular weight is 382 g/mol. The molecule has 0 bridgehead atoms. The Morgan fingerprint density at radius 1 is 1.09 bits per heavy atom. The van der Waals surface area contributed by atoms with Gasteiger partial charge in [-0.2, -0.15) is 14.1 Å². The van der Waals surface area contributed by atoms with Crippen LogP contribution < -0.4 is 0 Å². The Morgan fingerprint density at radius 3 is 1.82 bits per heavy atom. The van der Waals surface area contributed by atoms with Gasteiger partial charge in [0.25, 0.3) is 0 Å². The van der Waals surface area contributed by atoms with Gasteiger partial charge in [0.05, 0.1) is 0 Å². The molecule has 1 aliphatic rings. The van der Waals surface area contributed by atoms with Crippen LogP contribution in [-0.4, -0.2) is 27.2 Å². The summed E-state index contributed by atoms with van der Waals surface area (Å²) in [5, 5.41) is 7.71. The molecule has 0 aromatic rings. The van der Waals surface area contributed by atoms with Crippen molar-refractivity contribution < 1.29 is 23.2 Å². The molecule has 0 heterocycles. The molecule has 0 aliphatic heterocycles. The molecule has 1 rings (SSSR count). The molecular weight excluding hydrogens is 347 g/mol. The zero-order valence-electron chi connectivity index (χ0n) is 15.2. The Morgan fingerprint density at radius 2 is 1.59 bits per heavy atom. The van der Waals surface area contributed by atoms with Crippen molar-refractivity contribution in [3.05, 3.63) is 57.5 Å². The Hall–Kier alpha value is -0.237. The molecule has 0 fully saturated rings. The van der Waals surface area contributed by atoms with E-state index in [4.69, 9.17) is 0 Å². The molecule has 22 heavy (non-hydrogen) atoms. The molecule has 3 heteroatoms. The van der Waals surface area contributed by atoms with E-state index in [0.717, 1.165) is 25.9 Å². The molecule has 0 saturated heterocycles. The quantitative estimate of drug-likeness (QED) is 0.367. The summed E-state index contributed by atoms with van der Waals surface area (Å²) >= 11 is -0.247. The zero-order chi connectivity index (χ0) is 17.3. The van der Waals surface area contributed by atoms with Crippen molar-refractivity contribution in [1.82, 2.24) is 0 Å². The standard InChI is InChI=1S/2C5H10N.C5H5.C4H9.Zr/c2*1-3-4-5-6-2;1-2-4-5-3-1;1-4(2)3;/h2*3H,1,4-5H2,2H3;1-3H,4H2;1-3H3;/q2*-1;;;+2. The first-order valence-electron chi connectivity index (χ1n) is 7.88. The van der Waals surface area contributed by atoms with E-state index in [1.165, 1.54) is 6.42 Å². The number of nitrogens with zero attached hydrogens (tertiary/aromatic N) is 2. The van der Waals surface area contributed by atoms with E-state index in [2.05, 4.69) is 62.8 Å². The van der Waals surface area contributed by atoms with Crippen LogP contribution in [0.5, 0.6) is 0 Å². The van der Waals surface area contributed by atoms with Gasteiger partial charge in [0.2, 0.25) is 0 Å². The van der Waals surface area contributed by atoms with Gasteiger partial charge in [-0.25, -0.2) is 0 Å². The third-order valence-corrected chi connectivity index (χ3v) is 5.96. The fraction of sp³-hybridized carbons (Fsp3) is 0.579. The normalized spacial score (nSPS) is 12.1. The maximum atomic E-state index is 3.85. The van der Waals surface area contributed by atoms with Crippen molar-refractivity contribution >= 4 is 0 Å². The van der Waals surface area contributed by atoms with Crippen molar-refractivity contribution in [3.63, 3.8) is 0 Å². The van der Waals surface area contributed by atoms with E-state index in [9.17, 15) is 0 Å². The molecule has 0 unspecified atom stereocenters. The number of hydrogen-bond acceptors (Lipinski definition) is 0. The van der Waals surface area contributed by atoms with Crippen LogP contribution in [0.15, 0.2) is 46.8 Å². The monoisotopic (exact) mass is 380 g/mol. The minimum absolute atomic E-state index is 0.247. The average Bonchev–Trinajstić information content (AvgIpc) is 2.95. The third kappa shape index (κ3) is 22.1.